The van der Waals surface area contributed by atoms with E-state index in [1.807, 2.05) is 65.9 Å². The molecule has 4 aromatic heterocycles. The molecule has 4 N–H and O–H groups in total. The van der Waals surface area contributed by atoms with Crippen LogP contribution in [0.2, 0.25) is 0 Å². The molecule has 1 saturated heterocycles. The van der Waals surface area contributed by atoms with Gasteiger partial charge in [0.1, 0.15) is 23.4 Å². The first-order valence-electron chi connectivity index (χ1n) is 17.9. The van der Waals surface area contributed by atoms with Crippen molar-refractivity contribution in [1.82, 2.24) is 44.4 Å². The number of benzene rings is 1. The Morgan fingerprint density at radius 1 is 1.08 bits per heavy atom. The summed E-state index contributed by atoms with van der Waals surface area (Å²) in [4.78, 5) is 26.2. The highest BCUT2D eigenvalue weighted by molar-refractivity contribution is 5.89. The van der Waals surface area contributed by atoms with Gasteiger partial charge in [-0.15, -0.1) is 10.2 Å². The third kappa shape index (κ3) is 8.44. The number of likely N-dealkylation sites (N-methyl/N-ethyl adjacent to an activating group) is 1. The fourth-order valence-electron chi connectivity index (χ4n) is 6.83. The van der Waals surface area contributed by atoms with Crippen molar-refractivity contribution in [3.05, 3.63) is 77.9 Å². The first-order valence-corrected chi connectivity index (χ1v) is 17.9. The zero-order chi connectivity index (χ0) is 37.7. The molecule has 1 fully saturated rings. The van der Waals surface area contributed by atoms with Crippen molar-refractivity contribution >= 4 is 29.9 Å². The van der Waals surface area contributed by atoms with Crippen LogP contribution in [0.3, 0.4) is 0 Å². The smallest absolute Gasteiger partial charge is 0.320 e. The van der Waals surface area contributed by atoms with Crippen LogP contribution in [0.1, 0.15) is 75.4 Å². The van der Waals surface area contributed by atoms with Crippen LogP contribution in [0.25, 0.3) is 11.3 Å². The minimum absolute atomic E-state index is 0.0389. The summed E-state index contributed by atoms with van der Waals surface area (Å²) < 4.78 is 12.2. The molecule has 0 radical (unpaired) electrons. The predicted molar refractivity (Wildman–Crippen MR) is 200 cm³/mol. The number of amides is 2. The van der Waals surface area contributed by atoms with Gasteiger partial charge in [0.15, 0.2) is 5.65 Å². The molecule has 0 unspecified atom stereocenters. The third-order valence-electron chi connectivity index (χ3n) is 9.58. The number of fused-ring (bicyclic) bond motifs is 2. The Kier molecular flexibility index (Phi) is 11.3. The van der Waals surface area contributed by atoms with E-state index in [2.05, 4.69) is 68.6 Å². The third-order valence-corrected chi connectivity index (χ3v) is 9.58. The number of aliphatic hydroxyl groups is 1. The fraction of sp³-hybridized carbons (Fsp3) is 0.459. The molecule has 0 spiro atoms. The molecule has 16 nitrogen and oxygen atoms in total. The molecule has 3 atom stereocenters. The number of carboxylic acid groups (broad SMARTS) is 1. The second-order valence-electron chi connectivity index (χ2n) is 14.7. The molecule has 53 heavy (non-hydrogen) atoms. The van der Waals surface area contributed by atoms with Crippen molar-refractivity contribution in [2.75, 3.05) is 44.0 Å². The summed E-state index contributed by atoms with van der Waals surface area (Å²) in [5.74, 6) is 2.00. The Bertz CT molecular complexity index is 2010. The number of aliphatic hydroxyl groups excluding tert-OH is 1. The average Bonchev–Trinajstić information content (AvgIpc) is 3.94. The molecule has 282 valence electrons. The van der Waals surface area contributed by atoms with E-state index in [1.165, 1.54) is 0 Å². The lowest BCUT2D eigenvalue weighted by atomic mass is 9.85. The number of carbonyl (C=O) groups is 2. The summed E-state index contributed by atoms with van der Waals surface area (Å²) in [7, 11) is 4.07. The number of nitrogens with one attached hydrogen (secondary N) is 2. The molecule has 2 aliphatic rings. The Labute approximate surface area is 308 Å². The maximum atomic E-state index is 13.6. The quantitative estimate of drug-likeness (QED) is 0.150. The van der Waals surface area contributed by atoms with Gasteiger partial charge in [0, 0.05) is 24.6 Å². The number of anilines is 2. The van der Waals surface area contributed by atoms with Gasteiger partial charge in [-0.1, -0.05) is 45.0 Å². The van der Waals surface area contributed by atoms with Gasteiger partial charge in [-0.2, -0.15) is 10.2 Å². The number of hydrogen-bond donors (Lipinski definition) is 4. The van der Waals surface area contributed by atoms with E-state index < -0.39 is 0 Å². The fourth-order valence-corrected chi connectivity index (χ4v) is 6.83. The average molecular weight is 728 g/mol. The normalized spacial score (nSPS) is 18.4. The van der Waals surface area contributed by atoms with E-state index >= 15 is 0 Å². The van der Waals surface area contributed by atoms with E-state index in [-0.39, 0.29) is 42.7 Å². The zero-order valence-corrected chi connectivity index (χ0v) is 30.9. The van der Waals surface area contributed by atoms with Crippen LogP contribution in [0, 0.1) is 0 Å². The van der Waals surface area contributed by atoms with Gasteiger partial charge < -0.3 is 30.1 Å². The minimum Gasteiger partial charge on any atom is -0.484 e. The highest BCUT2D eigenvalue weighted by Crippen LogP contribution is 2.39. The van der Waals surface area contributed by atoms with E-state index in [0.717, 1.165) is 66.6 Å². The van der Waals surface area contributed by atoms with E-state index in [0.29, 0.717) is 24.4 Å². The molecule has 1 aromatic carbocycles. The largest absolute Gasteiger partial charge is 0.484 e. The topological polar surface area (TPSA) is 180 Å². The lowest BCUT2D eigenvalue weighted by Crippen LogP contribution is -2.36. The molecule has 2 amide bonds. The van der Waals surface area contributed by atoms with Gasteiger partial charge in [-0.05, 0) is 63.0 Å². The molecule has 0 saturated carbocycles. The molecule has 16 heteroatoms. The Balaban J connectivity index is 0.00000155. The first kappa shape index (κ1) is 37.3. The highest BCUT2D eigenvalue weighted by Gasteiger charge is 2.31. The van der Waals surface area contributed by atoms with Crippen molar-refractivity contribution in [3.63, 3.8) is 0 Å². The number of urea groups is 1. The lowest BCUT2D eigenvalue weighted by Gasteiger charge is -2.32. The summed E-state index contributed by atoms with van der Waals surface area (Å²) >= 11 is 0. The van der Waals surface area contributed by atoms with Crippen LogP contribution in [0.15, 0.2) is 61.1 Å². The number of pyridine rings is 1. The summed E-state index contributed by atoms with van der Waals surface area (Å²) in [5.41, 5.74) is 4.22. The van der Waals surface area contributed by atoms with Gasteiger partial charge in [-0.3, -0.25) is 19.2 Å². The standard InChI is InChI=1S/C36H47N11O3.CH2O2/c1-36(2,3)31-19-33(47(42-31)25-20-37-44(21-25)18-17-43(4)5)39-34(49)38-29-13-14-30(28-11-7-6-10-27(28)29)50-26-12-15-32-40-41-35(46(32)22-26)45-16-8-9-24(45)23-48;2-1-3/h6-7,10-12,15,19-22,24,29-30,48H,8-9,13-14,16-18,23H2,1-5H3,(H2,38,39,49);1H,(H,2,3)/t24-,29-,30+;/m0./s1. The number of carbonyl (C=O) groups excluding carboxylic acids is 1. The van der Waals surface area contributed by atoms with E-state index in [4.69, 9.17) is 19.7 Å². The van der Waals surface area contributed by atoms with Crippen molar-refractivity contribution < 1.29 is 24.5 Å². The zero-order valence-electron chi connectivity index (χ0n) is 30.9. The molecular weight excluding hydrogens is 678 g/mol. The number of hydrogen-bond acceptors (Lipinski definition) is 10. The van der Waals surface area contributed by atoms with Gasteiger partial charge in [0.25, 0.3) is 6.47 Å². The molecule has 5 aromatic rings. The minimum atomic E-state index is -0.306. The summed E-state index contributed by atoms with van der Waals surface area (Å²) in [6.07, 6.45) is 8.81. The van der Waals surface area contributed by atoms with Gasteiger partial charge >= 0.3 is 6.03 Å². The van der Waals surface area contributed by atoms with Crippen molar-refractivity contribution in [3.8, 4) is 11.4 Å². The SMILES string of the molecule is CN(C)CCn1cc(-n2nc(C(C)(C)C)cc2NC(=O)N[C@H]2CC[C@@H](Oc3ccc4nnc(N5CCC[C@H]5CO)n4c3)c3ccccc32)cn1.O=CO. The molecule has 1 aliphatic carbocycles. The van der Waals surface area contributed by atoms with Gasteiger partial charge in [0.2, 0.25) is 5.95 Å². The summed E-state index contributed by atoms with van der Waals surface area (Å²) in [5, 5.41) is 41.2. The predicted octanol–water partition coefficient (Wildman–Crippen LogP) is 4.41. The number of rotatable bonds is 10. The van der Waals surface area contributed by atoms with Gasteiger partial charge in [-0.25, -0.2) is 9.48 Å². The summed E-state index contributed by atoms with van der Waals surface area (Å²) in [6.45, 7) is 8.58. The van der Waals surface area contributed by atoms with Gasteiger partial charge in [0.05, 0.1) is 49.5 Å². The van der Waals surface area contributed by atoms with E-state index in [1.54, 1.807) is 10.9 Å². The Hall–Kier alpha value is -5.48. The molecule has 7 rings (SSSR count). The Morgan fingerprint density at radius 3 is 2.58 bits per heavy atom. The highest BCUT2D eigenvalue weighted by atomic mass is 16.5. The number of nitrogens with zero attached hydrogens (tertiary/aromatic N) is 9. The maximum Gasteiger partial charge on any atom is 0.320 e. The Morgan fingerprint density at radius 2 is 1.85 bits per heavy atom. The summed E-state index contributed by atoms with van der Waals surface area (Å²) in [6, 6.07) is 13.4. The molecule has 0 bridgehead atoms. The van der Waals surface area contributed by atoms with E-state index in [9.17, 15) is 9.90 Å². The van der Waals surface area contributed by atoms with Crippen LogP contribution in [0.4, 0.5) is 16.6 Å². The molecular formula is C37H49N11O5. The second kappa shape index (κ2) is 16.0. The van der Waals surface area contributed by atoms with Crippen LogP contribution in [-0.4, -0.2) is 102 Å². The second-order valence-corrected chi connectivity index (χ2v) is 14.7. The monoisotopic (exact) mass is 727 g/mol. The van der Waals surface area contributed by atoms with Crippen LogP contribution >= 0.6 is 0 Å². The number of ether oxygens (including phenoxy) is 1. The van der Waals surface area contributed by atoms with Crippen molar-refractivity contribution in [2.45, 2.75) is 76.6 Å². The first-order chi connectivity index (χ1) is 25.5. The maximum absolute atomic E-state index is 13.6. The van der Waals surface area contributed by atoms with Crippen molar-refractivity contribution in [2.24, 2.45) is 0 Å². The van der Waals surface area contributed by atoms with Crippen LogP contribution < -0.4 is 20.3 Å². The number of aromatic nitrogens is 7. The van der Waals surface area contributed by atoms with Crippen LogP contribution in [0.5, 0.6) is 5.75 Å². The molecule has 1 aliphatic heterocycles. The van der Waals surface area contributed by atoms with Crippen LogP contribution in [-0.2, 0) is 16.8 Å². The lowest BCUT2D eigenvalue weighted by molar-refractivity contribution is -0.122. The molecule has 5 heterocycles. The van der Waals surface area contributed by atoms with Crippen molar-refractivity contribution in [1.29, 1.82) is 0 Å².